The van der Waals surface area contributed by atoms with Gasteiger partial charge in [-0.3, -0.25) is 4.21 Å². The molecule has 0 amide bonds. The molecule has 2 rings (SSSR count). The standard InChI is InChI=1S/C11H17N3OS/c1-8-6-9(2)14-11(13-8)16(15)7-10-4-3-5-12-10/h6,10,12H,3-5,7H2,1-2H3. The first-order chi connectivity index (χ1) is 7.65. The van der Waals surface area contributed by atoms with Crippen LogP contribution in [0.1, 0.15) is 24.2 Å². The Balaban J connectivity index is 2.07. The molecule has 1 aliphatic rings. The summed E-state index contributed by atoms with van der Waals surface area (Å²) in [5.41, 5.74) is 1.77. The molecule has 2 unspecified atom stereocenters. The summed E-state index contributed by atoms with van der Waals surface area (Å²) in [5, 5.41) is 3.82. The summed E-state index contributed by atoms with van der Waals surface area (Å²) in [6.07, 6.45) is 2.28. The minimum Gasteiger partial charge on any atom is -0.313 e. The molecule has 0 bridgehead atoms. The Hall–Kier alpha value is -0.810. The SMILES string of the molecule is Cc1cc(C)nc(S(=O)CC2CCCN2)n1. The third kappa shape index (κ3) is 2.86. The number of aryl methyl sites for hydroxylation is 2. The first-order valence-corrected chi connectivity index (χ1v) is 6.91. The van der Waals surface area contributed by atoms with Crippen molar-refractivity contribution in [3.63, 3.8) is 0 Å². The van der Waals surface area contributed by atoms with Crippen LogP contribution in [-0.2, 0) is 10.8 Å². The summed E-state index contributed by atoms with van der Waals surface area (Å²) in [6, 6.07) is 2.26. The highest BCUT2D eigenvalue weighted by Gasteiger charge is 2.19. The van der Waals surface area contributed by atoms with Gasteiger partial charge in [0, 0.05) is 23.2 Å². The van der Waals surface area contributed by atoms with Crippen LogP contribution in [0.4, 0.5) is 0 Å². The van der Waals surface area contributed by atoms with E-state index in [4.69, 9.17) is 0 Å². The van der Waals surface area contributed by atoms with Gasteiger partial charge in [0.15, 0.2) is 0 Å². The lowest BCUT2D eigenvalue weighted by Crippen LogP contribution is -2.28. The predicted octanol–water partition coefficient (Wildman–Crippen LogP) is 0.953. The second kappa shape index (κ2) is 5.01. The van der Waals surface area contributed by atoms with E-state index in [0.29, 0.717) is 17.0 Å². The fourth-order valence-electron chi connectivity index (χ4n) is 1.95. The highest BCUT2D eigenvalue weighted by molar-refractivity contribution is 7.84. The lowest BCUT2D eigenvalue weighted by atomic mass is 10.3. The highest BCUT2D eigenvalue weighted by Crippen LogP contribution is 2.10. The summed E-state index contributed by atoms with van der Waals surface area (Å²) < 4.78 is 12.1. The molecule has 0 saturated carbocycles. The largest absolute Gasteiger partial charge is 0.313 e. The molecule has 1 aromatic heterocycles. The molecule has 1 N–H and O–H groups in total. The van der Waals surface area contributed by atoms with Crippen LogP contribution in [0.5, 0.6) is 0 Å². The monoisotopic (exact) mass is 239 g/mol. The van der Waals surface area contributed by atoms with E-state index in [1.165, 1.54) is 6.42 Å². The number of nitrogens with one attached hydrogen (secondary N) is 1. The molecule has 2 heterocycles. The van der Waals surface area contributed by atoms with Crippen molar-refractivity contribution in [1.29, 1.82) is 0 Å². The molecule has 1 aliphatic heterocycles. The van der Waals surface area contributed by atoms with Crippen molar-refractivity contribution >= 4 is 10.8 Å². The van der Waals surface area contributed by atoms with Crippen LogP contribution in [0.2, 0.25) is 0 Å². The molecule has 88 valence electrons. The average Bonchev–Trinajstić information content (AvgIpc) is 2.68. The highest BCUT2D eigenvalue weighted by atomic mass is 32.2. The third-order valence-corrected chi connectivity index (χ3v) is 3.98. The maximum atomic E-state index is 12.1. The van der Waals surface area contributed by atoms with E-state index in [1.54, 1.807) is 0 Å². The molecular formula is C11H17N3OS. The Bertz CT molecular complexity index is 382. The summed E-state index contributed by atoms with van der Waals surface area (Å²) >= 11 is 0. The number of hydrogen-bond acceptors (Lipinski definition) is 4. The van der Waals surface area contributed by atoms with E-state index in [0.717, 1.165) is 24.4 Å². The van der Waals surface area contributed by atoms with Crippen LogP contribution in [0.3, 0.4) is 0 Å². The Morgan fingerprint density at radius 2 is 2.12 bits per heavy atom. The van der Waals surface area contributed by atoms with Gasteiger partial charge in [-0.15, -0.1) is 0 Å². The van der Waals surface area contributed by atoms with Crippen molar-refractivity contribution in [2.75, 3.05) is 12.3 Å². The van der Waals surface area contributed by atoms with Gasteiger partial charge in [0.05, 0.1) is 10.8 Å². The van der Waals surface area contributed by atoms with Crippen LogP contribution in [0, 0.1) is 13.8 Å². The van der Waals surface area contributed by atoms with E-state index in [-0.39, 0.29) is 0 Å². The molecule has 16 heavy (non-hydrogen) atoms. The zero-order valence-electron chi connectivity index (χ0n) is 9.69. The van der Waals surface area contributed by atoms with Gasteiger partial charge in [-0.25, -0.2) is 9.97 Å². The fourth-order valence-corrected chi connectivity index (χ4v) is 3.24. The maximum Gasteiger partial charge on any atom is 0.218 e. The second-order valence-electron chi connectivity index (χ2n) is 4.24. The Kier molecular flexibility index (Phi) is 3.66. The predicted molar refractivity (Wildman–Crippen MR) is 63.8 cm³/mol. The Labute approximate surface area is 98.3 Å². The minimum atomic E-state index is -1.08. The first kappa shape index (κ1) is 11.7. The fraction of sp³-hybridized carbons (Fsp3) is 0.636. The molecule has 1 saturated heterocycles. The number of nitrogens with zero attached hydrogens (tertiary/aromatic N) is 2. The van der Waals surface area contributed by atoms with Gasteiger partial charge in [-0.05, 0) is 39.3 Å². The quantitative estimate of drug-likeness (QED) is 0.798. The summed E-state index contributed by atoms with van der Waals surface area (Å²) in [4.78, 5) is 8.47. The molecule has 0 spiro atoms. The van der Waals surface area contributed by atoms with Crippen LogP contribution in [0.15, 0.2) is 11.2 Å². The normalized spacial score (nSPS) is 22.2. The van der Waals surface area contributed by atoms with Crippen molar-refractivity contribution in [3.05, 3.63) is 17.5 Å². The molecular weight excluding hydrogens is 222 g/mol. The number of hydrogen-bond donors (Lipinski definition) is 1. The van der Waals surface area contributed by atoms with Crippen LogP contribution < -0.4 is 5.32 Å². The Morgan fingerprint density at radius 3 is 2.69 bits per heavy atom. The first-order valence-electron chi connectivity index (χ1n) is 5.59. The molecule has 0 aliphatic carbocycles. The molecule has 5 heteroatoms. The lowest BCUT2D eigenvalue weighted by Gasteiger charge is -2.09. The topological polar surface area (TPSA) is 54.9 Å². The van der Waals surface area contributed by atoms with Crippen molar-refractivity contribution in [2.24, 2.45) is 0 Å². The maximum absolute atomic E-state index is 12.1. The number of aromatic nitrogens is 2. The van der Waals surface area contributed by atoms with Crippen molar-refractivity contribution in [2.45, 2.75) is 37.9 Å². The van der Waals surface area contributed by atoms with E-state index < -0.39 is 10.8 Å². The smallest absolute Gasteiger partial charge is 0.218 e. The summed E-state index contributed by atoms with van der Waals surface area (Å²) in [5.74, 6) is 0.628. The Morgan fingerprint density at radius 1 is 1.44 bits per heavy atom. The van der Waals surface area contributed by atoms with Gasteiger partial charge in [0.25, 0.3) is 0 Å². The molecule has 2 atom stereocenters. The van der Waals surface area contributed by atoms with E-state index in [2.05, 4.69) is 15.3 Å². The van der Waals surface area contributed by atoms with E-state index in [9.17, 15) is 4.21 Å². The van der Waals surface area contributed by atoms with Crippen LogP contribution >= 0.6 is 0 Å². The van der Waals surface area contributed by atoms with E-state index >= 15 is 0 Å². The third-order valence-electron chi connectivity index (χ3n) is 2.68. The zero-order valence-corrected chi connectivity index (χ0v) is 10.5. The van der Waals surface area contributed by atoms with Crippen molar-refractivity contribution < 1.29 is 4.21 Å². The number of rotatable bonds is 3. The van der Waals surface area contributed by atoms with Gasteiger partial charge < -0.3 is 5.32 Å². The van der Waals surface area contributed by atoms with Gasteiger partial charge in [0.1, 0.15) is 0 Å². The second-order valence-corrected chi connectivity index (χ2v) is 5.63. The minimum absolute atomic E-state index is 0.366. The van der Waals surface area contributed by atoms with Gasteiger partial charge in [0.2, 0.25) is 5.16 Å². The van der Waals surface area contributed by atoms with Crippen LogP contribution in [0.25, 0.3) is 0 Å². The molecule has 0 aromatic carbocycles. The van der Waals surface area contributed by atoms with Crippen molar-refractivity contribution in [1.82, 2.24) is 15.3 Å². The van der Waals surface area contributed by atoms with Gasteiger partial charge in [-0.2, -0.15) is 0 Å². The summed E-state index contributed by atoms with van der Waals surface area (Å²) in [6.45, 7) is 4.85. The van der Waals surface area contributed by atoms with Crippen LogP contribution in [-0.4, -0.2) is 32.5 Å². The van der Waals surface area contributed by atoms with Crippen molar-refractivity contribution in [3.8, 4) is 0 Å². The molecule has 0 radical (unpaired) electrons. The van der Waals surface area contributed by atoms with Gasteiger partial charge >= 0.3 is 0 Å². The molecule has 1 fully saturated rings. The molecule has 1 aromatic rings. The lowest BCUT2D eigenvalue weighted by molar-refractivity contribution is 0.637. The zero-order chi connectivity index (χ0) is 11.5. The average molecular weight is 239 g/mol. The summed E-state index contributed by atoms with van der Waals surface area (Å²) in [7, 11) is -1.08. The van der Waals surface area contributed by atoms with Gasteiger partial charge in [-0.1, -0.05) is 0 Å². The van der Waals surface area contributed by atoms with E-state index in [1.807, 2.05) is 19.9 Å². The molecule has 4 nitrogen and oxygen atoms in total.